The van der Waals surface area contributed by atoms with Crippen LogP contribution in [0.15, 0.2) is 12.1 Å². The SMILES string of the molecule is COc1cc(CN2CCCCc3c(N4CCSCC4)nc(Nc4nc(C)c(C(=O)O)s4)nc32)cc(OC)c1OC. The third-order valence-electron chi connectivity index (χ3n) is 6.99. The van der Waals surface area contributed by atoms with E-state index in [4.69, 9.17) is 24.2 Å². The minimum absolute atomic E-state index is 0.203. The summed E-state index contributed by atoms with van der Waals surface area (Å²) in [6.45, 7) is 4.95. The minimum Gasteiger partial charge on any atom is -0.493 e. The fourth-order valence-corrected chi connectivity index (χ4v) is 6.80. The van der Waals surface area contributed by atoms with Gasteiger partial charge in [0, 0.05) is 43.2 Å². The van der Waals surface area contributed by atoms with E-state index in [0.29, 0.717) is 40.6 Å². The van der Waals surface area contributed by atoms with Crippen molar-refractivity contribution in [1.29, 1.82) is 0 Å². The number of aromatic nitrogens is 3. The predicted molar refractivity (Wildman–Crippen MR) is 159 cm³/mol. The molecule has 2 aliphatic heterocycles. The molecule has 40 heavy (non-hydrogen) atoms. The Morgan fingerprint density at radius 2 is 1.70 bits per heavy atom. The van der Waals surface area contributed by atoms with Crippen molar-refractivity contribution in [3.8, 4) is 17.2 Å². The van der Waals surface area contributed by atoms with Gasteiger partial charge >= 0.3 is 5.97 Å². The molecule has 0 bridgehead atoms. The van der Waals surface area contributed by atoms with E-state index in [0.717, 1.165) is 84.5 Å². The fourth-order valence-electron chi connectivity index (χ4n) is 5.09. The Morgan fingerprint density at radius 1 is 1.00 bits per heavy atom. The van der Waals surface area contributed by atoms with Crippen molar-refractivity contribution in [2.24, 2.45) is 0 Å². The lowest BCUT2D eigenvalue weighted by Crippen LogP contribution is -2.35. The zero-order valence-electron chi connectivity index (χ0n) is 23.2. The van der Waals surface area contributed by atoms with E-state index >= 15 is 0 Å². The van der Waals surface area contributed by atoms with E-state index < -0.39 is 5.97 Å². The summed E-state index contributed by atoms with van der Waals surface area (Å²) in [6.07, 6.45) is 2.95. The Bertz CT molecular complexity index is 1350. The van der Waals surface area contributed by atoms with E-state index in [1.807, 2.05) is 23.9 Å². The van der Waals surface area contributed by atoms with Gasteiger partial charge in [0.25, 0.3) is 0 Å². The molecule has 1 fully saturated rings. The van der Waals surface area contributed by atoms with E-state index in [-0.39, 0.29) is 4.88 Å². The maximum Gasteiger partial charge on any atom is 0.347 e. The van der Waals surface area contributed by atoms with E-state index in [2.05, 4.69) is 20.1 Å². The maximum atomic E-state index is 11.6. The Balaban J connectivity index is 1.56. The van der Waals surface area contributed by atoms with Crippen LogP contribution in [0, 0.1) is 6.92 Å². The summed E-state index contributed by atoms with van der Waals surface area (Å²) < 4.78 is 16.7. The lowest BCUT2D eigenvalue weighted by Gasteiger charge is -2.32. The van der Waals surface area contributed by atoms with Crippen molar-refractivity contribution in [3.05, 3.63) is 33.8 Å². The molecule has 0 spiro atoms. The molecule has 2 aliphatic rings. The summed E-state index contributed by atoms with van der Waals surface area (Å²) in [7, 11) is 4.83. The molecule has 2 aromatic heterocycles. The number of hydrogen-bond acceptors (Lipinski definition) is 12. The number of thioether (sulfide) groups is 1. The van der Waals surface area contributed by atoms with Gasteiger partial charge in [0.2, 0.25) is 11.7 Å². The number of rotatable bonds is 9. The zero-order valence-corrected chi connectivity index (χ0v) is 24.8. The van der Waals surface area contributed by atoms with Crippen LogP contribution >= 0.6 is 23.1 Å². The predicted octanol–water partition coefficient (Wildman–Crippen LogP) is 4.61. The number of carboxylic acid groups (broad SMARTS) is 1. The number of aromatic carboxylic acids is 1. The summed E-state index contributed by atoms with van der Waals surface area (Å²) in [5, 5.41) is 13.2. The highest BCUT2D eigenvalue weighted by molar-refractivity contribution is 7.99. The van der Waals surface area contributed by atoms with Crippen LogP contribution in [0.5, 0.6) is 17.2 Å². The standard InChI is InChI=1S/C27H34N6O5S2/c1-16-22(25(34)35)40-27(28-16)31-26-29-23(32-9-11-39-12-10-32)18-7-5-6-8-33(24(18)30-26)15-17-13-19(36-2)21(38-4)20(14-17)37-3/h13-14H,5-12,15H2,1-4H3,(H,34,35)(H,28,29,30,31). The van der Waals surface area contributed by atoms with Crippen molar-refractivity contribution in [3.63, 3.8) is 0 Å². The highest BCUT2D eigenvalue weighted by atomic mass is 32.2. The van der Waals surface area contributed by atoms with Gasteiger partial charge in [-0.1, -0.05) is 11.3 Å². The van der Waals surface area contributed by atoms with E-state index in [1.165, 1.54) is 0 Å². The number of methoxy groups -OCH3 is 3. The molecule has 1 saturated heterocycles. The smallest absolute Gasteiger partial charge is 0.347 e. The van der Waals surface area contributed by atoms with Gasteiger partial charge in [0.15, 0.2) is 16.6 Å². The molecule has 0 aliphatic carbocycles. The molecule has 11 nitrogen and oxygen atoms in total. The molecule has 214 valence electrons. The molecular weight excluding hydrogens is 552 g/mol. The van der Waals surface area contributed by atoms with Gasteiger partial charge in [-0.3, -0.25) is 5.32 Å². The molecule has 0 saturated carbocycles. The van der Waals surface area contributed by atoms with Crippen LogP contribution < -0.4 is 29.3 Å². The Kier molecular flexibility index (Phi) is 8.69. The highest BCUT2D eigenvalue weighted by Gasteiger charge is 2.27. The van der Waals surface area contributed by atoms with Crippen LogP contribution in [0.4, 0.5) is 22.7 Å². The Morgan fingerprint density at radius 3 is 2.33 bits per heavy atom. The Labute approximate surface area is 241 Å². The lowest BCUT2D eigenvalue weighted by atomic mass is 10.1. The first-order valence-electron chi connectivity index (χ1n) is 13.2. The number of thiazole rings is 1. The lowest BCUT2D eigenvalue weighted by molar-refractivity contribution is 0.0701. The molecular formula is C27H34N6O5S2. The average Bonchev–Trinajstić information content (AvgIpc) is 3.22. The van der Waals surface area contributed by atoms with Crippen LogP contribution in [0.1, 0.15) is 39.3 Å². The topological polar surface area (TPSA) is 122 Å². The molecule has 2 N–H and O–H groups in total. The quantitative estimate of drug-likeness (QED) is 0.364. The normalized spacial score (nSPS) is 15.3. The molecule has 5 rings (SSSR count). The average molecular weight is 587 g/mol. The highest BCUT2D eigenvalue weighted by Crippen LogP contribution is 2.40. The third kappa shape index (κ3) is 5.85. The number of nitrogens with one attached hydrogen (secondary N) is 1. The van der Waals surface area contributed by atoms with Gasteiger partial charge in [0.05, 0.1) is 27.0 Å². The zero-order chi connectivity index (χ0) is 28.2. The van der Waals surface area contributed by atoms with Crippen LogP contribution in [0.3, 0.4) is 0 Å². The maximum absolute atomic E-state index is 11.6. The molecule has 1 aromatic carbocycles. The molecule has 0 atom stereocenters. The molecule has 4 heterocycles. The first-order chi connectivity index (χ1) is 19.4. The molecule has 0 amide bonds. The number of hydrogen-bond donors (Lipinski definition) is 2. The largest absolute Gasteiger partial charge is 0.493 e. The summed E-state index contributed by atoms with van der Waals surface area (Å²) in [5.74, 6) is 5.11. The molecule has 3 aromatic rings. The fraction of sp³-hybridized carbons (Fsp3) is 0.481. The number of carboxylic acids is 1. The van der Waals surface area contributed by atoms with Crippen molar-refractivity contribution in [2.45, 2.75) is 32.7 Å². The second kappa shape index (κ2) is 12.4. The number of anilines is 4. The molecule has 13 heteroatoms. The molecule has 0 unspecified atom stereocenters. The molecule has 0 radical (unpaired) electrons. The van der Waals surface area contributed by atoms with Crippen LogP contribution in [-0.2, 0) is 13.0 Å². The van der Waals surface area contributed by atoms with Gasteiger partial charge in [-0.25, -0.2) is 9.78 Å². The number of carbonyl (C=O) groups is 1. The van der Waals surface area contributed by atoms with Gasteiger partial charge in [-0.2, -0.15) is 21.7 Å². The Hall–Kier alpha value is -3.45. The summed E-state index contributed by atoms with van der Waals surface area (Å²) in [6, 6.07) is 3.95. The van der Waals surface area contributed by atoms with Gasteiger partial charge in [-0.15, -0.1) is 0 Å². The minimum atomic E-state index is -0.992. The number of nitrogens with zero attached hydrogens (tertiary/aromatic N) is 5. The van der Waals surface area contributed by atoms with Crippen molar-refractivity contribution in [2.75, 3.05) is 67.6 Å². The van der Waals surface area contributed by atoms with E-state index in [9.17, 15) is 9.90 Å². The number of ether oxygens (including phenoxy) is 3. The van der Waals surface area contributed by atoms with Crippen molar-refractivity contribution >= 4 is 51.8 Å². The third-order valence-corrected chi connectivity index (χ3v) is 8.99. The first-order valence-corrected chi connectivity index (χ1v) is 15.1. The van der Waals surface area contributed by atoms with Gasteiger partial charge < -0.3 is 29.1 Å². The first kappa shape index (κ1) is 28.1. The number of fused-ring (bicyclic) bond motifs is 1. The second-order valence-corrected chi connectivity index (χ2v) is 11.8. The summed E-state index contributed by atoms with van der Waals surface area (Å²) >= 11 is 3.04. The number of aryl methyl sites for hydroxylation is 1. The van der Waals surface area contributed by atoms with Crippen molar-refractivity contribution in [1.82, 2.24) is 15.0 Å². The van der Waals surface area contributed by atoms with E-state index in [1.54, 1.807) is 28.3 Å². The number of benzene rings is 1. The summed E-state index contributed by atoms with van der Waals surface area (Å²) in [4.78, 5) is 30.8. The van der Waals surface area contributed by atoms with Gasteiger partial charge in [-0.05, 0) is 43.9 Å². The monoisotopic (exact) mass is 586 g/mol. The van der Waals surface area contributed by atoms with Crippen LogP contribution in [0.25, 0.3) is 0 Å². The second-order valence-electron chi connectivity index (χ2n) is 9.55. The van der Waals surface area contributed by atoms with Crippen LogP contribution in [-0.4, -0.2) is 78.5 Å². The van der Waals surface area contributed by atoms with Crippen molar-refractivity contribution < 1.29 is 24.1 Å². The van der Waals surface area contributed by atoms with Gasteiger partial charge in [0.1, 0.15) is 16.5 Å². The summed E-state index contributed by atoms with van der Waals surface area (Å²) in [5.41, 5.74) is 2.61. The van der Waals surface area contributed by atoms with Crippen LogP contribution in [0.2, 0.25) is 0 Å².